The van der Waals surface area contributed by atoms with E-state index in [4.69, 9.17) is 4.74 Å². The number of nitrogens with zero attached hydrogens (tertiary/aromatic N) is 3. The second-order valence-corrected chi connectivity index (χ2v) is 7.56. The van der Waals surface area contributed by atoms with Crippen molar-refractivity contribution in [2.75, 3.05) is 13.1 Å². The molecule has 3 heterocycles. The van der Waals surface area contributed by atoms with Crippen LogP contribution >= 0.6 is 0 Å². The molecule has 0 unspecified atom stereocenters. The van der Waals surface area contributed by atoms with E-state index in [1.165, 1.54) is 5.56 Å². The van der Waals surface area contributed by atoms with E-state index in [1.54, 1.807) is 0 Å². The zero-order chi connectivity index (χ0) is 17.4. The zero-order valence-electron chi connectivity index (χ0n) is 14.9. The quantitative estimate of drug-likeness (QED) is 0.859. The summed E-state index contributed by atoms with van der Waals surface area (Å²) in [5.74, 6) is 0.790. The minimum atomic E-state index is -0.345. The van der Waals surface area contributed by atoms with Gasteiger partial charge in [0.25, 0.3) is 0 Å². The van der Waals surface area contributed by atoms with Crippen LogP contribution in [-0.4, -0.2) is 39.2 Å². The van der Waals surface area contributed by atoms with Gasteiger partial charge < -0.3 is 4.74 Å². The molecular formula is C20H25N3O2. The summed E-state index contributed by atoms with van der Waals surface area (Å²) in [5, 5.41) is 4.41. The molecule has 2 aliphatic rings. The van der Waals surface area contributed by atoms with E-state index in [0.29, 0.717) is 17.9 Å². The number of fused-ring (bicyclic) bond motifs is 1. The molecule has 25 heavy (non-hydrogen) atoms. The number of carbonyl (C=O) groups is 1. The predicted molar refractivity (Wildman–Crippen MR) is 95.9 cm³/mol. The standard InChI is InChI=1S/C20H25N3O2/c1-15(2)23-14-18-19(21-23)17(24)12-20(25-18)8-10-22(11-9-20)13-16-6-4-3-5-7-16/h3-7,14-15H,8-13H2,1-2H3. The Morgan fingerprint density at radius 1 is 1.20 bits per heavy atom. The highest BCUT2D eigenvalue weighted by Gasteiger charge is 2.44. The van der Waals surface area contributed by atoms with Gasteiger partial charge in [-0.3, -0.25) is 14.4 Å². The Balaban J connectivity index is 1.45. The van der Waals surface area contributed by atoms with Crippen molar-refractivity contribution in [1.82, 2.24) is 14.7 Å². The molecule has 5 heteroatoms. The van der Waals surface area contributed by atoms with Crippen molar-refractivity contribution in [3.05, 3.63) is 47.8 Å². The second kappa shape index (κ2) is 6.30. The summed E-state index contributed by atoms with van der Waals surface area (Å²) >= 11 is 0. The van der Waals surface area contributed by atoms with Crippen LogP contribution in [0.2, 0.25) is 0 Å². The lowest BCUT2D eigenvalue weighted by atomic mass is 9.83. The SMILES string of the molecule is CC(C)n1cc2c(n1)C(=O)CC1(CCN(Cc3ccccc3)CC1)O2. The van der Waals surface area contributed by atoms with Crippen molar-refractivity contribution in [1.29, 1.82) is 0 Å². The third-order valence-corrected chi connectivity index (χ3v) is 5.32. The number of carbonyl (C=O) groups excluding carboxylic acids is 1. The summed E-state index contributed by atoms with van der Waals surface area (Å²) in [6, 6.07) is 10.8. The molecule has 1 spiro atoms. The molecule has 132 valence electrons. The number of rotatable bonds is 3. The van der Waals surface area contributed by atoms with Gasteiger partial charge in [-0.05, 0) is 19.4 Å². The molecule has 0 amide bonds. The second-order valence-electron chi connectivity index (χ2n) is 7.56. The molecular weight excluding hydrogens is 314 g/mol. The minimum Gasteiger partial charge on any atom is -0.483 e. The lowest BCUT2D eigenvalue weighted by Gasteiger charge is -2.43. The molecule has 4 rings (SSSR count). The van der Waals surface area contributed by atoms with Crippen molar-refractivity contribution < 1.29 is 9.53 Å². The first kappa shape index (κ1) is 16.3. The maximum atomic E-state index is 12.6. The van der Waals surface area contributed by atoms with Crippen LogP contribution in [0.4, 0.5) is 0 Å². The maximum absolute atomic E-state index is 12.6. The van der Waals surface area contributed by atoms with Crippen LogP contribution in [0.15, 0.2) is 36.5 Å². The van der Waals surface area contributed by atoms with Gasteiger partial charge in [0, 0.05) is 38.5 Å². The predicted octanol–water partition coefficient (Wildman–Crippen LogP) is 3.46. The van der Waals surface area contributed by atoms with Crippen molar-refractivity contribution >= 4 is 5.78 Å². The molecule has 2 aromatic rings. The van der Waals surface area contributed by atoms with E-state index in [0.717, 1.165) is 32.5 Å². The van der Waals surface area contributed by atoms with Crippen molar-refractivity contribution in [2.45, 2.75) is 51.3 Å². The molecule has 1 saturated heterocycles. The number of benzene rings is 1. The van der Waals surface area contributed by atoms with Crippen molar-refractivity contribution in [2.24, 2.45) is 0 Å². The number of hydrogen-bond acceptors (Lipinski definition) is 4. The Labute approximate surface area is 148 Å². The first-order valence-electron chi connectivity index (χ1n) is 9.12. The normalized spacial score (nSPS) is 19.9. The van der Waals surface area contributed by atoms with E-state index >= 15 is 0 Å². The summed E-state index contributed by atoms with van der Waals surface area (Å²) in [5.41, 5.74) is 1.49. The lowest BCUT2D eigenvalue weighted by Crippen LogP contribution is -2.50. The number of Topliss-reactive ketones (excluding diaryl/α,β-unsaturated/α-hetero) is 1. The molecule has 1 aromatic carbocycles. The molecule has 2 aliphatic heterocycles. The maximum Gasteiger partial charge on any atom is 0.190 e. The molecule has 0 atom stereocenters. The number of hydrogen-bond donors (Lipinski definition) is 0. The Hall–Kier alpha value is -2.14. The fraction of sp³-hybridized carbons (Fsp3) is 0.500. The number of likely N-dealkylation sites (tertiary alicyclic amines) is 1. The smallest absolute Gasteiger partial charge is 0.190 e. The molecule has 1 fully saturated rings. The monoisotopic (exact) mass is 339 g/mol. The van der Waals surface area contributed by atoms with Crippen molar-refractivity contribution in [3.63, 3.8) is 0 Å². The summed E-state index contributed by atoms with van der Waals surface area (Å²) < 4.78 is 8.15. The Kier molecular flexibility index (Phi) is 4.12. The van der Waals surface area contributed by atoms with E-state index in [9.17, 15) is 4.79 Å². The molecule has 0 aliphatic carbocycles. The van der Waals surface area contributed by atoms with Gasteiger partial charge in [0.1, 0.15) is 5.60 Å². The van der Waals surface area contributed by atoms with Gasteiger partial charge in [-0.15, -0.1) is 0 Å². The topological polar surface area (TPSA) is 47.4 Å². The summed E-state index contributed by atoms with van der Waals surface area (Å²) in [6.45, 7) is 6.98. The molecule has 1 aromatic heterocycles. The first-order chi connectivity index (χ1) is 12.0. The zero-order valence-corrected chi connectivity index (χ0v) is 14.9. The summed E-state index contributed by atoms with van der Waals surface area (Å²) in [6.07, 6.45) is 4.11. The Morgan fingerprint density at radius 3 is 2.60 bits per heavy atom. The highest BCUT2D eigenvalue weighted by molar-refractivity contribution is 5.98. The number of ketones is 1. The number of ether oxygens (including phenoxy) is 1. The van der Waals surface area contributed by atoms with Crippen LogP contribution in [0.5, 0.6) is 5.75 Å². The summed E-state index contributed by atoms with van der Waals surface area (Å²) in [4.78, 5) is 15.0. The highest BCUT2D eigenvalue weighted by atomic mass is 16.5. The van der Waals surface area contributed by atoms with Crippen molar-refractivity contribution in [3.8, 4) is 5.75 Å². The first-order valence-corrected chi connectivity index (χ1v) is 9.12. The average Bonchev–Trinajstić information content (AvgIpc) is 3.03. The number of piperidine rings is 1. The minimum absolute atomic E-state index is 0.122. The Bertz CT molecular complexity index is 759. The van der Waals surface area contributed by atoms with Gasteiger partial charge in [-0.25, -0.2) is 0 Å². The van der Waals surface area contributed by atoms with Crippen LogP contribution in [0, 0.1) is 0 Å². The van der Waals surface area contributed by atoms with E-state index in [1.807, 2.05) is 16.9 Å². The molecule has 0 saturated carbocycles. The van der Waals surface area contributed by atoms with Gasteiger partial charge in [0.2, 0.25) is 0 Å². The van der Waals surface area contributed by atoms with E-state index < -0.39 is 0 Å². The highest BCUT2D eigenvalue weighted by Crippen LogP contribution is 2.39. The van der Waals surface area contributed by atoms with Crippen LogP contribution < -0.4 is 4.74 Å². The van der Waals surface area contributed by atoms with Gasteiger partial charge in [-0.1, -0.05) is 30.3 Å². The van der Waals surface area contributed by atoms with Crippen LogP contribution in [0.3, 0.4) is 0 Å². The van der Waals surface area contributed by atoms with Gasteiger partial charge in [0.05, 0.1) is 12.6 Å². The molecule has 0 radical (unpaired) electrons. The average molecular weight is 339 g/mol. The summed E-state index contributed by atoms with van der Waals surface area (Å²) in [7, 11) is 0. The molecule has 0 N–H and O–H groups in total. The lowest BCUT2D eigenvalue weighted by molar-refractivity contribution is -0.0109. The molecule has 5 nitrogen and oxygen atoms in total. The largest absolute Gasteiger partial charge is 0.483 e. The van der Waals surface area contributed by atoms with Crippen LogP contribution in [0.1, 0.15) is 55.2 Å². The fourth-order valence-electron chi connectivity index (χ4n) is 3.79. The van der Waals surface area contributed by atoms with E-state index in [-0.39, 0.29) is 17.4 Å². The fourth-order valence-corrected chi connectivity index (χ4v) is 3.79. The van der Waals surface area contributed by atoms with Gasteiger partial charge in [-0.2, -0.15) is 5.10 Å². The van der Waals surface area contributed by atoms with Gasteiger partial charge >= 0.3 is 0 Å². The third-order valence-electron chi connectivity index (χ3n) is 5.32. The van der Waals surface area contributed by atoms with Crippen LogP contribution in [-0.2, 0) is 6.54 Å². The molecule has 0 bridgehead atoms. The van der Waals surface area contributed by atoms with Crippen LogP contribution in [0.25, 0.3) is 0 Å². The van der Waals surface area contributed by atoms with E-state index in [2.05, 4.69) is 48.1 Å². The Morgan fingerprint density at radius 2 is 1.92 bits per heavy atom. The van der Waals surface area contributed by atoms with Gasteiger partial charge in [0.15, 0.2) is 17.2 Å². The third kappa shape index (κ3) is 3.21. The number of aromatic nitrogens is 2.